The first-order valence-corrected chi connectivity index (χ1v) is 5.29. The van der Waals surface area contributed by atoms with E-state index in [0.717, 1.165) is 6.54 Å². The molecule has 0 amide bonds. The van der Waals surface area contributed by atoms with Crippen molar-refractivity contribution in [1.82, 2.24) is 5.32 Å². The Labute approximate surface area is 86.8 Å². The number of hydrogen-bond donors (Lipinski definition) is 1. The van der Waals surface area contributed by atoms with E-state index >= 15 is 0 Å². The van der Waals surface area contributed by atoms with Gasteiger partial charge in [0.25, 0.3) is 0 Å². The summed E-state index contributed by atoms with van der Waals surface area (Å²) in [7, 11) is 2.00. The summed E-state index contributed by atoms with van der Waals surface area (Å²) in [4.78, 5) is 0. The first kappa shape index (κ1) is 11.0. The lowest BCUT2D eigenvalue weighted by Gasteiger charge is -1.96. The van der Waals surface area contributed by atoms with E-state index in [-0.39, 0.29) is 0 Å². The summed E-state index contributed by atoms with van der Waals surface area (Å²) in [6.45, 7) is 1.12. The fourth-order valence-electron chi connectivity index (χ4n) is 1.35. The standard InChI is InChI=1S/C13H19N/c1-14-12-8-3-2-5-9-13-10-6-4-7-11-13/h4-7,9-11,14H,2-3,8,12H2,1H3/b9-5+. The van der Waals surface area contributed by atoms with E-state index in [4.69, 9.17) is 0 Å². The van der Waals surface area contributed by atoms with Crippen LogP contribution in [0.4, 0.5) is 0 Å². The molecule has 0 spiro atoms. The van der Waals surface area contributed by atoms with E-state index in [2.05, 4.69) is 41.7 Å². The summed E-state index contributed by atoms with van der Waals surface area (Å²) in [5.41, 5.74) is 1.29. The van der Waals surface area contributed by atoms with Crippen LogP contribution in [0.3, 0.4) is 0 Å². The molecule has 1 nitrogen and oxygen atoms in total. The SMILES string of the molecule is CNCCCC/C=C/c1ccccc1. The quantitative estimate of drug-likeness (QED) is 0.678. The average molecular weight is 189 g/mol. The zero-order valence-corrected chi connectivity index (χ0v) is 8.87. The van der Waals surface area contributed by atoms with Crippen molar-refractivity contribution in [3.63, 3.8) is 0 Å². The predicted molar refractivity (Wildman–Crippen MR) is 63.3 cm³/mol. The highest BCUT2D eigenvalue weighted by Crippen LogP contribution is 2.03. The molecule has 0 aliphatic rings. The van der Waals surface area contributed by atoms with Crippen LogP contribution in [0.1, 0.15) is 24.8 Å². The van der Waals surface area contributed by atoms with Gasteiger partial charge in [0.05, 0.1) is 0 Å². The summed E-state index contributed by atoms with van der Waals surface area (Å²) in [6, 6.07) is 10.4. The minimum Gasteiger partial charge on any atom is -0.320 e. The molecule has 0 radical (unpaired) electrons. The van der Waals surface area contributed by atoms with Gasteiger partial charge in [-0.05, 0) is 38.4 Å². The summed E-state index contributed by atoms with van der Waals surface area (Å²) < 4.78 is 0. The number of allylic oxidation sites excluding steroid dienone is 1. The number of hydrogen-bond acceptors (Lipinski definition) is 1. The monoisotopic (exact) mass is 189 g/mol. The number of rotatable bonds is 6. The molecule has 0 atom stereocenters. The van der Waals surface area contributed by atoms with Gasteiger partial charge in [-0.25, -0.2) is 0 Å². The fourth-order valence-corrected chi connectivity index (χ4v) is 1.35. The molecule has 76 valence electrons. The topological polar surface area (TPSA) is 12.0 Å². The Morgan fingerprint density at radius 1 is 1.14 bits per heavy atom. The third-order valence-electron chi connectivity index (χ3n) is 2.16. The lowest BCUT2D eigenvalue weighted by molar-refractivity contribution is 0.685. The maximum absolute atomic E-state index is 3.15. The smallest absolute Gasteiger partial charge is 0.00518 e. The van der Waals surface area contributed by atoms with Gasteiger partial charge in [0.15, 0.2) is 0 Å². The van der Waals surface area contributed by atoms with Gasteiger partial charge in [-0.15, -0.1) is 0 Å². The third-order valence-corrected chi connectivity index (χ3v) is 2.16. The van der Waals surface area contributed by atoms with Crippen molar-refractivity contribution in [2.24, 2.45) is 0 Å². The molecule has 0 heterocycles. The van der Waals surface area contributed by atoms with Crippen molar-refractivity contribution in [3.8, 4) is 0 Å². The first-order valence-electron chi connectivity index (χ1n) is 5.29. The molecule has 1 aromatic rings. The van der Waals surface area contributed by atoms with E-state index in [9.17, 15) is 0 Å². The molecule has 1 aromatic carbocycles. The van der Waals surface area contributed by atoms with Gasteiger partial charge in [0, 0.05) is 0 Å². The zero-order valence-electron chi connectivity index (χ0n) is 8.87. The number of benzene rings is 1. The number of unbranched alkanes of at least 4 members (excludes halogenated alkanes) is 2. The molecular formula is C13H19N. The first-order chi connectivity index (χ1) is 6.93. The van der Waals surface area contributed by atoms with Crippen LogP contribution in [-0.4, -0.2) is 13.6 Å². The summed E-state index contributed by atoms with van der Waals surface area (Å²) in [6.07, 6.45) is 8.15. The van der Waals surface area contributed by atoms with Crippen LogP contribution in [-0.2, 0) is 0 Å². The molecule has 14 heavy (non-hydrogen) atoms. The molecule has 0 unspecified atom stereocenters. The highest BCUT2D eigenvalue weighted by atomic mass is 14.8. The molecule has 0 aliphatic carbocycles. The minimum atomic E-state index is 1.12. The van der Waals surface area contributed by atoms with Gasteiger partial charge in [0.1, 0.15) is 0 Å². The maximum Gasteiger partial charge on any atom is -0.00518 e. The molecule has 0 fully saturated rings. The van der Waals surface area contributed by atoms with Crippen LogP contribution in [0.15, 0.2) is 36.4 Å². The molecular weight excluding hydrogens is 170 g/mol. The molecule has 1 heteroatoms. The van der Waals surface area contributed by atoms with E-state index in [0.29, 0.717) is 0 Å². The van der Waals surface area contributed by atoms with E-state index in [1.807, 2.05) is 13.1 Å². The van der Waals surface area contributed by atoms with E-state index < -0.39 is 0 Å². The van der Waals surface area contributed by atoms with Crippen LogP contribution in [0, 0.1) is 0 Å². The van der Waals surface area contributed by atoms with Gasteiger partial charge >= 0.3 is 0 Å². The second-order valence-electron chi connectivity index (χ2n) is 3.41. The van der Waals surface area contributed by atoms with Gasteiger partial charge in [0.2, 0.25) is 0 Å². The molecule has 0 bridgehead atoms. The summed E-state index contributed by atoms with van der Waals surface area (Å²) in [5.74, 6) is 0. The maximum atomic E-state index is 3.15. The lowest BCUT2D eigenvalue weighted by atomic mass is 10.1. The molecule has 0 saturated heterocycles. The second kappa shape index (κ2) is 7.34. The van der Waals surface area contributed by atoms with Crippen molar-refractivity contribution < 1.29 is 0 Å². The molecule has 0 aromatic heterocycles. The van der Waals surface area contributed by atoms with Crippen molar-refractivity contribution in [2.75, 3.05) is 13.6 Å². The second-order valence-corrected chi connectivity index (χ2v) is 3.41. The Bertz CT molecular complexity index is 251. The van der Waals surface area contributed by atoms with Gasteiger partial charge in [-0.1, -0.05) is 42.5 Å². The Balaban J connectivity index is 2.15. The van der Waals surface area contributed by atoms with Gasteiger partial charge in [-0.3, -0.25) is 0 Å². The molecule has 0 saturated carbocycles. The van der Waals surface area contributed by atoms with Crippen molar-refractivity contribution >= 4 is 6.08 Å². The van der Waals surface area contributed by atoms with Crippen LogP contribution in [0.25, 0.3) is 6.08 Å². The van der Waals surface area contributed by atoms with E-state index in [1.165, 1.54) is 24.8 Å². The van der Waals surface area contributed by atoms with Crippen LogP contribution >= 0.6 is 0 Å². The highest BCUT2D eigenvalue weighted by molar-refractivity contribution is 5.48. The Kier molecular flexibility index (Phi) is 5.76. The Hall–Kier alpha value is -1.08. The normalized spacial score (nSPS) is 10.9. The van der Waals surface area contributed by atoms with Crippen molar-refractivity contribution in [3.05, 3.63) is 42.0 Å². The van der Waals surface area contributed by atoms with E-state index in [1.54, 1.807) is 0 Å². The molecule has 0 aliphatic heterocycles. The van der Waals surface area contributed by atoms with Crippen molar-refractivity contribution in [1.29, 1.82) is 0 Å². The largest absolute Gasteiger partial charge is 0.320 e. The minimum absolute atomic E-state index is 1.12. The van der Waals surface area contributed by atoms with Gasteiger partial charge < -0.3 is 5.32 Å². The third kappa shape index (κ3) is 4.83. The van der Waals surface area contributed by atoms with Crippen LogP contribution in [0.2, 0.25) is 0 Å². The average Bonchev–Trinajstić information content (AvgIpc) is 2.25. The van der Waals surface area contributed by atoms with Gasteiger partial charge in [-0.2, -0.15) is 0 Å². The molecule has 1 N–H and O–H groups in total. The van der Waals surface area contributed by atoms with Crippen LogP contribution in [0.5, 0.6) is 0 Å². The highest BCUT2D eigenvalue weighted by Gasteiger charge is 1.85. The zero-order chi connectivity index (χ0) is 10.1. The predicted octanol–water partition coefficient (Wildman–Crippen LogP) is 3.09. The lowest BCUT2D eigenvalue weighted by Crippen LogP contribution is -2.06. The fraction of sp³-hybridized carbons (Fsp3) is 0.385. The Morgan fingerprint density at radius 3 is 2.64 bits per heavy atom. The summed E-state index contributed by atoms with van der Waals surface area (Å²) >= 11 is 0. The van der Waals surface area contributed by atoms with Crippen LogP contribution < -0.4 is 5.32 Å². The van der Waals surface area contributed by atoms with Crippen molar-refractivity contribution in [2.45, 2.75) is 19.3 Å². The molecule has 1 rings (SSSR count). The summed E-state index contributed by atoms with van der Waals surface area (Å²) in [5, 5.41) is 3.15. The number of nitrogens with one attached hydrogen (secondary N) is 1. The Morgan fingerprint density at radius 2 is 1.93 bits per heavy atom.